The van der Waals surface area contributed by atoms with Crippen molar-refractivity contribution in [3.63, 3.8) is 0 Å². The fourth-order valence-corrected chi connectivity index (χ4v) is 13.4. The lowest BCUT2D eigenvalue weighted by molar-refractivity contribution is 0.660. The topological polar surface area (TPSA) is 0 Å². The van der Waals surface area contributed by atoms with Crippen molar-refractivity contribution in [3.8, 4) is 66.8 Å². The van der Waals surface area contributed by atoms with Gasteiger partial charge in [-0.1, -0.05) is 232 Å². The van der Waals surface area contributed by atoms with E-state index in [4.69, 9.17) is 0 Å². The van der Waals surface area contributed by atoms with E-state index in [0.717, 1.165) is 0 Å². The van der Waals surface area contributed by atoms with Gasteiger partial charge in [-0.3, -0.25) is 0 Å². The molecule has 0 fully saturated rings. The zero-order valence-corrected chi connectivity index (χ0v) is 37.9. The van der Waals surface area contributed by atoms with Crippen molar-refractivity contribution in [2.24, 2.45) is 0 Å². The fraction of sp³-hybridized carbons (Fsp3) is 0.0588. The molecule has 15 rings (SSSR count). The fourth-order valence-electron chi connectivity index (χ4n) is 13.4. The van der Waals surface area contributed by atoms with Crippen molar-refractivity contribution >= 4 is 43.1 Å². The third kappa shape index (κ3) is 4.79. The summed E-state index contributed by atoms with van der Waals surface area (Å²) in [6.45, 7) is 4.75. The zero-order valence-electron chi connectivity index (χ0n) is 37.9. The van der Waals surface area contributed by atoms with Gasteiger partial charge in [-0.25, -0.2) is 0 Å². The number of rotatable bonds is 3. The van der Waals surface area contributed by atoms with E-state index < -0.39 is 5.41 Å². The number of benzene rings is 12. The summed E-state index contributed by atoms with van der Waals surface area (Å²) in [7, 11) is 0. The second-order valence-electron chi connectivity index (χ2n) is 19.8. The van der Waals surface area contributed by atoms with E-state index in [9.17, 15) is 0 Å². The lowest BCUT2D eigenvalue weighted by atomic mass is 9.69. The first-order valence-electron chi connectivity index (χ1n) is 24.1. The van der Waals surface area contributed by atoms with Crippen LogP contribution in [-0.2, 0) is 10.8 Å². The smallest absolute Gasteiger partial charge is 0.0619 e. The molecular formula is C68H44. The second-order valence-corrected chi connectivity index (χ2v) is 19.8. The highest BCUT2D eigenvalue weighted by atomic mass is 14.5. The Balaban J connectivity index is 0.939. The Morgan fingerprint density at radius 1 is 0.250 bits per heavy atom. The summed E-state index contributed by atoms with van der Waals surface area (Å²) >= 11 is 0. The van der Waals surface area contributed by atoms with Crippen molar-refractivity contribution < 1.29 is 0 Å². The molecule has 68 heavy (non-hydrogen) atoms. The average Bonchev–Trinajstić information content (AvgIpc) is 3.96. The predicted molar refractivity (Wildman–Crippen MR) is 287 cm³/mol. The third-order valence-corrected chi connectivity index (χ3v) is 16.3. The summed E-state index contributed by atoms with van der Waals surface area (Å²) in [6, 6.07) is 87.5. The highest BCUT2D eigenvalue weighted by Gasteiger charge is 2.53. The normalized spacial score (nSPS) is 14.3. The lowest BCUT2D eigenvalue weighted by Crippen LogP contribution is -2.26. The minimum atomic E-state index is -0.477. The van der Waals surface area contributed by atoms with Gasteiger partial charge in [-0.2, -0.15) is 0 Å². The molecule has 0 unspecified atom stereocenters. The molecule has 0 radical (unpaired) electrons. The van der Waals surface area contributed by atoms with Crippen LogP contribution in [0.25, 0.3) is 110 Å². The van der Waals surface area contributed by atoms with Gasteiger partial charge in [0.05, 0.1) is 5.41 Å². The molecule has 0 bridgehead atoms. The Morgan fingerprint density at radius 3 is 1.29 bits per heavy atom. The Kier molecular flexibility index (Phi) is 7.59. The minimum absolute atomic E-state index is 0.0790. The maximum absolute atomic E-state index is 2.57. The first-order valence-corrected chi connectivity index (χ1v) is 24.1. The van der Waals surface area contributed by atoms with Crippen LogP contribution in [0, 0.1) is 0 Å². The first kappa shape index (κ1) is 37.9. The Bertz CT molecular complexity index is 4060. The summed E-state index contributed by atoms with van der Waals surface area (Å²) in [5, 5.41) is 10.3. The summed E-state index contributed by atoms with van der Waals surface area (Å²) in [5.41, 5.74) is 23.3. The van der Waals surface area contributed by atoms with Crippen molar-refractivity contribution in [1.29, 1.82) is 0 Å². The number of hydrogen-bond donors (Lipinski definition) is 0. The molecule has 3 aliphatic rings. The van der Waals surface area contributed by atoms with Crippen LogP contribution in [0.3, 0.4) is 0 Å². The number of hydrogen-bond acceptors (Lipinski definition) is 0. The third-order valence-electron chi connectivity index (χ3n) is 16.3. The molecule has 0 N–H and O–H groups in total. The van der Waals surface area contributed by atoms with Crippen LogP contribution in [0.2, 0.25) is 0 Å². The molecule has 0 saturated heterocycles. The van der Waals surface area contributed by atoms with Gasteiger partial charge >= 0.3 is 0 Å². The van der Waals surface area contributed by atoms with Crippen LogP contribution in [0.4, 0.5) is 0 Å². The molecule has 0 amide bonds. The van der Waals surface area contributed by atoms with Crippen LogP contribution in [0.5, 0.6) is 0 Å². The van der Waals surface area contributed by atoms with E-state index in [2.05, 4.69) is 244 Å². The van der Waals surface area contributed by atoms with Gasteiger partial charge in [0.2, 0.25) is 0 Å². The van der Waals surface area contributed by atoms with E-state index in [0.29, 0.717) is 0 Å². The van der Waals surface area contributed by atoms with Gasteiger partial charge in [-0.05, 0) is 155 Å². The monoisotopic (exact) mass is 860 g/mol. The SMILES string of the molecule is CC1(C)c2ccccc2-c2ccc(-c3c4ccccc4c(-c4ccc(-c5cc6c(c7ccccc57)-c5ccc7ccccc7c5C65c6ccccc6-c6ccccc65)cc4)c4ccccc34)cc21. The maximum Gasteiger partial charge on any atom is 0.0731 e. The highest BCUT2D eigenvalue weighted by Crippen LogP contribution is 2.66. The lowest BCUT2D eigenvalue weighted by Gasteiger charge is -2.32. The Labute approximate surface area is 396 Å². The van der Waals surface area contributed by atoms with Crippen LogP contribution in [0.15, 0.2) is 231 Å². The molecule has 0 aromatic heterocycles. The van der Waals surface area contributed by atoms with E-state index >= 15 is 0 Å². The van der Waals surface area contributed by atoms with Gasteiger partial charge in [0, 0.05) is 5.41 Å². The van der Waals surface area contributed by atoms with Crippen LogP contribution in [-0.4, -0.2) is 0 Å². The van der Waals surface area contributed by atoms with Crippen LogP contribution < -0.4 is 0 Å². The average molecular weight is 861 g/mol. The van der Waals surface area contributed by atoms with E-state index in [-0.39, 0.29) is 5.41 Å². The molecule has 0 aliphatic heterocycles. The van der Waals surface area contributed by atoms with Gasteiger partial charge in [0.15, 0.2) is 0 Å². The highest BCUT2D eigenvalue weighted by molar-refractivity contribution is 6.22. The standard InChI is InChI=1S/C68H44/c1-67(2)58-28-14-11-20-47(58)50-37-36-44(39-61(50)67)64-54-26-9-7-24-52(54)63(53-25-8-10-27-55(53)64)43-33-31-42(32-34-43)57-40-62-65(51-23-6-5-19-46(51)57)56-38-35-41-17-3-4-18-45(41)66(56)68(62)59-29-15-12-21-48(59)49-22-13-16-30-60(49)68/h3-40H,1-2H3. The summed E-state index contributed by atoms with van der Waals surface area (Å²) in [6.07, 6.45) is 0. The first-order chi connectivity index (χ1) is 33.5. The van der Waals surface area contributed by atoms with Crippen molar-refractivity contribution in [2.75, 3.05) is 0 Å². The van der Waals surface area contributed by atoms with Crippen molar-refractivity contribution in [1.82, 2.24) is 0 Å². The second kappa shape index (κ2) is 13.6. The summed E-state index contributed by atoms with van der Waals surface area (Å²) < 4.78 is 0. The van der Waals surface area contributed by atoms with E-state index in [1.807, 2.05) is 0 Å². The van der Waals surface area contributed by atoms with Gasteiger partial charge < -0.3 is 0 Å². The van der Waals surface area contributed by atoms with Gasteiger partial charge in [0.25, 0.3) is 0 Å². The van der Waals surface area contributed by atoms with Crippen molar-refractivity contribution in [2.45, 2.75) is 24.7 Å². The minimum Gasteiger partial charge on any atom is -0.0619 e. The molecule has 0 saturated carbocycles. The molecular weight excluding hydrogens is 817 g/mol. The molecule has 3 aliphatic carbocycles. The largest absolute Gasteiger partial charge is 0.0731 e. The molecule has 1 spiro atoms. The van der Waals surface area contributed by atoms with E-state index in [1.54, 1.807) is 0 Å². The van der Waals surface area contributed by atoms with Gasteiger partial charge in [0.1, 0.15) is 0 Å². The molecule has 316 valence electrons. The van der Waals surface area contributed by atoms with Crippen molar-refractivity contribution in [3.05, 3.63) is 264 Å². The van der Waals surface area contributed by atoms with E-state index in [1.165, 1.54) is 143 Å². The molecule has 0 atom stereocenters. The predicted octanol–water partition coefficient (Wildman–Crippen LogP) is 18.0. The Hall–Kier alpha value is -8.32. The summed E-state index contributed by atoms with van der Waals surface area (Å²) in [4.78, 5) is 0. The van der Waals surface area contributed by atoms with Crippen LogP contribution >= 0.6 is 0 Å². The van der Waals surface area contributed by atoms with Crippen LogP contribution in [0.1, 0.15) is 47.2 Å². The quantitative estimate of drug-likeness (QED) is 0.155. The summed E-state index contributed by atoms with van der Waals surface area (Å²) in [5.74, 6) is 0. The molecule has 0 heterocycles. The molecule has 0 nitrogen and oxygen atoms in total. The Morgan fingerprint density at radius 2 is 0.676 bits per heavy atom. The molecule has 0 heteroatoms. The maximum atomic E-state index is 2.57. The molecule has 12 aromatic rings. The number of fused-ring (bicyclic) bond motifs is 19. The molecule has 12 aromatic carbocycles. The zero-order chi connectivity index (χ0) is 44.9. The van der Waals surface area contributed by atoms with Gasteiger partial charge in [-0.15, -0.1) is 0 Å².